The van der Waals surface area contributed by atoms with Gasteiger partial charge in [-0.2, -0.15) is 0 Å². The third-order valence-electron chi connectivity index (χ3n) is 1.65. The predicted molar refractivity (Wildman–Crippen MR) is 52.9 cm³/mol. The number of hydrogen-bond donors (Lipinski definition) is 0. The highest BCUT2D eigenvalue weighted by Gasteiger charge is 2.12. The summed E-state index contributed by atoms with van der Waals surface area (Å²) in [5.74, 6) is -0.200. The van der Waals surface area contributed by atoms with Gasteiger partial charge >= 0.3 is 5.82 Å². The van der Waals surface area contributed by atoms with Crippen LogP contribution >= 0.6 is 23.1 Å². The van der Waals surface area contributed by atoms with Crippen molar-refractivity contribution in [2.45, 2.75) is 6.54 Å². The molecule has 0 N–H and O–H groups in total. The van der Waals surface area contributed by atoms with Crippen molar-refractivity contribution in [2.24, 2.45) is 0 Å². The van der Waals surface area contributed by atoms with Crippen molar-refractivity contribution in [3.8, 4) is 0 Å². The molecule has 0 bridgehead atoms. The van der Waals surface area contributed by atoms with E-state index in [0.717, 1.165) is 11.5 Å². The van der Waals surface area contributed by atoms with Crippen molar-refractivity contribution in [3.05, 3.63) is 32.7 Å². The Labute approximate surface area is 92.6 Å². The van der Waals surface area contributed by atoms with Gasteiger partial charge in [0.1, 0.15) is 16.2 Å². The lowest BCUT2D eigenvalue weighted by molar-refractivity contribution is -0.389. The Morgan fingerprint density at radius 3 is 3.00 bits per heavy atom. The number of imidazole rings is 1. The molecular formula is C6H4ClN5O2S. The second-order valence-electron chi connectivity index (χ2n) is 2.65. The maximum atomic E-state index is 10.4. The first-order valence-electron chi connectivity index (χ1n) is 3.79. The Morgan fingerprint density at radius 2 is 2.47 bits per heavy atom. The van der Waals surface area contributed by atoms with Gasteiger partial charge in [0.2, 0.25) is 6.33 Å². The molecule has 2 heterocycles. The van der Waals surface area contributed by atoms with E-state index in [4.69, 9.17) is 11.6 Å². The van der Waals surface area contributed by atoms with Crippen LogP contribution in [0.25, 0.3) is 0 Å². The molecule has 2 aromatic heterocycles. The van der Waals surface area contributed by atoms with Crippen LogP contribution in [-0.4, -0.2) is 24.1 Å². The van der Waals surface area contributed by atoms with Crippen LogP contribution < -0.4 is 0 Å². The Kier molecular flexibility index (Phi) is 2.60. The first-order chi connectivity index (χ1) is 7.16. The van der Waals surface area contributed by atoms with Crippen LogP contribution in [0.4, 0.5) is 5.82 Å². The van der Waals surface area contributed by atoms with Gasteiger partial charge in [0.15, 0.2) is 0 Å². The summed E-state index contributed by atoms with van der Waals surface area (Å²) in [6.07, 6.45) is 2.67. The molecule has 0 spiro atoms. The molecule has 0 saturated carbocycles. The standard InChI is InChI=1S/C6H4ClN5O2S/c7-6-4(9-10-15-6)1-11-2-5(8-3-11)12(13)14/h2-3H,1H2. The molecule has 0 saturated heterocycles. The zero-order chi connectivity index (χ0) is 10.8. The number of rotatable bonds is 3. The molecule has 9 heteroatoms. The third kappa shape index (κ3) is 2.10. The second kappa shape index (κ2) is 3.91. The normalized spacial score (nSPS) is 10.5. The maximum Gasteiger partial charge on any atom is 0.381 e. The van der Waals surface area contributed by atoms with Gasteiger partial charge in [0.05, 0.1) is 6.54 Å². The highest BCUT2D eigenvalue weighted by Crippen LogP contribution is 2.18. The molecule has 0 aliphatic carbocycles. The number of halogens is 1. The predicted octanol–water partition coefficient (Wildman–Crippen LogP) is 1.34. The molecule has 2 aromatic rings. The molecule has 15 heavy (non-hydrogen) atoms. The van der Waals surface area contributed by atoms with Gasteiger partial charge in [-0.3, -0.25) is 0 Å². The van der Waals surface area contributed by atoms with Crippen LogP contribution in [0.1, 0.15) is 5.69 Å². The zero-order valence-electron chi connectivity index (χ0n) is 7.20. The topological polar surface area (TPSA) is 86.7 Å². The Hall–Kier alpha value is -1.54. The molecule has 0 amide bonds. The van der Waals surface area contributed by atoms with Crippen LogP contribution in [0.2, 0.25) is 4.34 Å². The van der Waals surface area contributed by atoms with E-state index in [-0.39, 0.29) is 5.82 Å². The van der Waals surface area contributed by atoms with Gasteiger partial charge in [-0.1, -0.05) is 16.1 Å². The van der Waals surface area contributed by atoms with E-state index in [9.17, 15) is 10.1 Å². The molecule has 0 fully saturated rings. The summed E-state index contributed by atoms with van der Waals surface area (Å²) in [7, 11) is 0. The lowest BCUT2D eigenvalue weighted by Crippen LogP contribution is -1.97. The average Bonchev–Trinajstić information content (AvgIpc) is 2.77. The molecule has 78 valence electrons. The monoisotopic (exact) mass is 245 g/mol. The smallest absolute Gasteiger partial charge is 0.358 e. The van der Waals surface area contributed by atoms with Crippen LogP contribution in [0, 0.1) is 10.1 Å². The summed E-state index contributed by atoms with van der Waals surface area (Å²) < 4.78 is 5.66. The van der Waals surface area contributed by atoms with Gasteiger partial charge in [-0.05, 0) is 9.91 Å². The molecule has 0 aromatic carbocycles. The Morgan fingerprint density at radius 1 is 1.67 bits per heavy atom. The molecule has 0 radical (unpaired) electrons. The summed E-state index contributed by atoms with van der Waals surface area (Å²) in [4.78, 5) is 13.4. The van der Waals surface area contributed by atoms with E-state index < -0.39 is 4.92 Å². The summed E-state index contributed by atoms with van der Waals surface area (Å²) in [6, 6.07) is 0. The van der Waals surface area contributed by atoms with Crippen molar-refractivity contribution in [2.75, 3.05) is 0 Å². The van der Waals surface area contributed by atoms with E-state index in [1.165, 1.54) is 17.1 Å². The van der Waals surface area contributed by atoms with Gasteiger partial charge in [0.25, 0.3) is 0 Å². The first kappa shape index (κ1) is 9.99. The molecular weight excluding hydrogens is 242 g/mol. The van der Waals surface area contributed by atoms with E-state index in [1.807, 2.05) is 0 Å². The quantitative estimate of drug-likeness (QED) is 0.602. The summed E-state index contributed by atoms with van der Waals surface area (Å²) in [5.41, 5.74) is 0.578. The Bertz CT molecular complexity index is 495. The molecule has 0 atom stereocenters. The minimum atomic E-state index is -0.558. The summed E-state index contributed by atoms with van der Waals surface area (Å²) in [6.45, 7) is 0.330. The van der Waals surface area contributed by atoms with Crippen molar-refractivity contribution in [1.29, 1.82) is 0 Å². The van der Waals surface area contributed by atoms with E-state index >= 15 is 0 Å². The third-order valence-corrected chi connectivity index (χ3v) is 2.63. The fraction of sp³-hybridized carbons (Fsp3) is 0.167. The first-order valence-corrected chi connectivity index (χ1v) is 4.95. The largest absolute Gasteiger partial charge is 0.381 e. The Balaban J connectivity index is 2.18. The van der Waals surface area contributed by atoms with Crippen molar-refractivity contribution in [3.63, 3.8) is 0 Å². The molecule has 7 nitrogen and oxygen atoms in total. The van der Waals surface area contributed by atoms with Crippen LogP contribution in [0.5, 0.6) is 0 Å². The average molecular weight is 246 g/mol. The maximum absolute atomic E-state index is 10.4. The molecule has 0 aliphatic heterocycles. The van der Waals surface area contributed by atoms with Gasteiger partial charge < -0.3 is 14.7 Å². The molecule has 2 rings (SSSR count). The lowest BCUT2D eigenvalue weighted by Gasteiger charge is -1.94. The number of nitro groups is 1. The number of hydrogen-bond acceptors (Lipinski definition) is 6. The fourth-order valence-corrected chi connectivity index (χ4v) is 1.61. The van der Waals surface area contributed by atoms with Gasteiger partial charge in [0, 0.05) is 11.5 Å². The van der Waals surface area contributed by atoms with Crippen molar-refractivity contribution >= 4 is 29.0 Å². The fourth-order valence-electron chi connectivity index (χ4n) is 0.993. The molecule has 0 aliphatic rings. The van der Waals surface area contributed by atoms with Gasteiger partial charge in [-0.15, -0.1) is 5.10 Å². The highest BCUT2D eigenvalue weighted by molar-refractivity contribution is 7.10. The lowest BCUT2D eigenvalue weighted by atomic mass is 10.5. The number of aromatic nitrogens is 4. The minimum absolute atomic E-state index is 0.200. The van der Waals surface area contributed by atoms with Crippen molar-refractivity contribution in [1.82, 2.24) is 19.1 Å². The zero-order valence-corrected chi connectivity index (χ0v) is 8.77. The SMILES string of the molecule is O=[N+]([O-])c1cn(Cc2nnsc2Cl)cn1. The number of nitrogens with zero attached hydrogens (tertiary/aromatic N) is 5. The van der Waals surface area contributed by atoms with Gasteiger partial charge in [-0.25, -0.2) is 0 Å². The highest BCUT2D eigenvalue weighted by atomic mass is 35.5. The van der Waals surface area contributed by atoms with Crippen molar-refractivity contribution < 1.29 is 4.92 Å². The summed E-state index contributed by atoms with van der Waals surface area (Å²) in [5, 5.41) is 14.1. The van der Waals surface area contributed by atoms with Crippen LogP contribution in [0.15, 0.2) is 12.5 Å². The summed E-state index contributed by atoms with van der Waals surface area (Å²) >= 11 is 6.86. The second-order valence-corrected chi connectivity index (χ2v) is 4.01. The van der Waals surface area contributed by atoms with Crippen LogP contribution in [-0.2, 0) is 6.54 Å². The van der Waals surface area contributed by atoms with Crippen LogP contribution in [0.3, 0.4) is 0 Å². The molecule has 0 unspecified atom stereocenters. The van der Waals surface area contributed by atoms with E-state index in [2.05, 4.69) is 14.6 Å². The van der Waals surface area contributed by atoms with E-state index in [1.54, 1.807) is 0 Å². The minimum Gasteiger partial charge on any atom is -0.358 e. The van der Waals surface area contributed by atoms with E-state index in [0.29, 0.717) is 16.6 Å².